The summed E-state index contributed by atoms with van der Waals surface area (Å²) in [5, 5.41) is 3.64. The van der Waals surface area contributed by atoms with Gasteiger partial charge in [-0.05, 0) is 113 Å². The van der Waals surface area contributed by atoms with Crippen molar-refractivity contribution in [2.45, 2.75) is 121 Å². The minimum Gasteiger partial charge on any atom is -0.351 e. The summed E-state index contributed by atoms with van der Waals surface area (Å²) in [4.78, 5) is 72.7. The molecule has 6 heterocycles. The van der Waals surface area contributed by atoms with Crippen LogP contribution in [-0.4, -0.2) is 116 Å². The first-order valence-corrected chi connectivity index (χ1v) is 23.0. The Labute approximate surface area is 357 Å². The standard InChI is InChI=1S/C27H41N7OS.C17H21N3O4/c1-19-4-3-5-22(19)34-23-21(27(8-9-27)24(34)35)16-28-25(30-23)29-20-6-12-32(13-7-20)36-33-15-11-26(18-33)10-14-31(2)17-26;1-19-15-12-13(6-2-4-10-21)8-9-14(15)20(17(19)24)18-16(23)7-3-5-11-22/h16,19-20,22H,3-15,17-18H2,1-2H3,(H,28,29,30);8-12H,2-7H2,1H3,(H,18,23). The van der Waals surface area contributed by atoms with Crippen LogP contribution in [0, 0.1) is 11.3 Å². The molecule has 5 fully saturated rings. The number of likely N-dealkylation sites (tertiary alicyclic amines) is 1. The molecule has 6 aliphatic rings. The normalized spacial score (nSPS) is 25.2. The Balaban J connectivity index is 0.000000182. The van der Waals surface area contributed by atoms with Gasteiger partial charge in [0.25, 0.3) is 0 Å². The minimum absolute atomic E-state index is 0.186. The van der Waals surface area contributed by atoms with Crippen molar-refractivity contribution < 1.29 is 19.2 Å². The zero-order valence-electron chi connectivity index (χ0n) is 35.6. The third-order valence-corrected chi connectivity index (χ3v) is 15.1. The number of carbonyl (C=O) groups is 4. The highest BCUT2D eigenvalue weighted by Gasteiger charge is 2.62. The molecule has 2 amide bonds. The third kappa shape index (κ3) is 8.80. The van der Waals surface area contributed by atoms with Crippen molar-refractivity contribution in [1.29, 1.82) is 0 Å². The maximum atomic E-state index is 13.5. The van der Waals surface area contributed by atoms with Crippen LogP contribution >= 0.6 is 12.1 Å². The number of benzene rings is 1. The van der Waals surface area contributed by atoms with Gasteiger partial charge in [-0.1, -0.05) is 19.4 Å². The number of fused-ring (bicyclic) bond motifs is 3. The molecule has 16 heteroatoms. The number of imidazole rings is 1. The summed E-state index contributed by atoms with van der Waals surface area (Å²) in [6, 6.07) is 6.27. The molecule has 2 N–H and O–H groups in total. The predicted octanol–water partition coefficient (Wildman–Crippen LogP) is 4.81. The molecule has 3 atom stereocenters. The number of unbranched alkanes of at least 4 members (excludes halogenated alkanes) is 2. The van der Waals surface area contributed by atoms with E-state index >= 15 is 0 Å². The van der Waals surface area contributed by atoms with Crippen molar-refractivity contribution >= 4 is 59.3 Å². The molecule has 2 spiro atoms. The lowest BCUT2D eigenvalue weighted by molar-refractivity contribution is -0.121. The van der Waals surface area contributed by atoms with E-state index in [0.717, 1.165) is 93.1 Å². The van der Waals surface area contributed by atoms with E-state index in [2.05, 4.69) is 43.1 Å². The number of aryl methyl sites for hydroxylation is 2. The highest BCUT2D eigenvalue weighted by atomic mass is 32.2. The van der Waals surface area contributed by atoms with Gasteiger partial charge in [0.15, 0.2) is 0 Å². The zero-order chi connectivity index (χ0) is 42.0. The number of anilines is 2. The first-order chi connectivity index (χ1) is 29.0. The second-order valence-corrected chi connectivity index (χ2v) is 19.5. The van der Waals surface area contributed by atoms with Crippen molar-refractivity contribution in [3.8, 4) is 0 Å². The first kappa shape index (κ1) is 42.6. The summed E-state index contributed by atoms with van der Waals surface area (Å²) in [7, 11) is 3.91. The molecule has 0 bridgehead atoms. The lowest BCUT2D eigenvalue weighted by Crippen LogP contribution is -2.42. The largest absolute Gasteiger partial charge is 0.351 e. The SMILES string of the molecule is CC1CCCC1N1C(=O)C2(CC2)c2cnc(NC3CCN(SN4CCC5(CCN(C)C5)C4)CC3)nc21.Cn1c(=O)n(NC(=O)CCCC=O)c2ccc(CCCC=O)cc21. The van der Waals surface area contributed by atoms with Gasteiger partial charge in [-0.2, -0.15) is 4.98 Å². The smallest absolute Gasteiger partial charge is 0.347 e. The summed E-state index contributed by atoms with van der Waals surface area (Å²) in [6.45, 7) is 9.44. The summed E-state index contributed by atoms with van der Waals surface area (Å²) in [6.07, 6.45) is 16.9. The van der Waals surface area contributed by atoms with Crippen LogP contribution in [0.1, 0.15) is 108 Å². The predicted molar refractivity (Wildman–Crippen MR) is 234 cm³/mol. The van der Waals surface area contributed by atoms with Crippen LogP contribution in [0.2, 0.25) is 0 Å². The van der Waals surface area contributed by atoms with E-state index in [4.69, 9.17) is 9.97 Å². The maximum Gasteiger partial charge on any atom is 0.347 e. The van der Waals surface area contributed by atoms with Gasteiger partial charge in [-0.3, -0.25) is 24.5 Å². The van der Waals surface area contributed by atoms with Crippen LogP contribution in [0.3, 0.4) is 0 Å². The molecule has 2 aromatic heterocycles. The molecule has 3 aromatic rings. The summed E-state index contributed by atoms with van der Waals surface area (Å²) >= 11 is 1.98. The topological polar surface area (TPSA) is 158 Å². The summed E-state index contributed by atoms with van der Waals surface area (Å²) < 4.78 is 7.87. The van der Waals surface area contributed by atoms with Crippen LogP contribution in [0.25, 0.3) is 11.0 Å². The number of aldehydes is 2. The van der Waals surface area contributed by atoms with Crippen molar-refractivity contribution in [3.63, 3.8) is 0 Å². The van der Waals surface area contributed by atoms with E-state index < -0.39 is 0 Å². The zero-order valence-corrected chi connectivity index (χ0v) is 36.4. The van der Waals surface area contributed by atoms with Gasteiger partial charge >= 0.3 is 5.69 Å². The van der Waals surface area contributed by atoms with Crippen molar-refractivity contribution in [2.24, 2.45) is 18.4 Å². The van der Waals surface area contributed by atoms with Crippen LogP contribution < -0.4 is 21.3 Å². The molecule has 15 nitrogen and oxygen atoms in total. The number of rotatable bonds is 14. The van der Waals surface area contributed by atoms with Gasteiger partial charge in [0.2, 0.25) is 17.8 Å². The number of hydrogen-bond acceptors (Lipinski definition) is 12. The monoisotopic (exact) mass is 842 g/mol. The highest BCUT2D eigenvalue weighted by molar-refractivity contribution is 7.94. The van der Waals surface area contributed by atoms with Crippen LogP contribution in [0.15, 0.2) is 29.2 Å². The molecule has 324 valence electrons. The average molecular weight is 843 g/mol. The Kier molecular flexibility index (Phi) is 12.8. The second-order valence-electron chi connectivity index (χ2n) is 18.3. The lowest BCUT2D eigenvalue weighted by atomic mass is 9.87. The molecule has 1 aromatic carbocycles. The molecule has 0 radical (unpaired) electrons. The van der Waals surface area contributed by atoms with Crippen molar-refractivity contribution in [3.05, 3.63) is 46.0 Å². The van der Waals surface area contributed by atoms with Crippen LogP contribution in [0.4, 0.5) is 11.8 Å². The number of nitrogens with one attached hydrogen (secondary N) is 2. The highest BCUT2D eigenvalue weighted by Crippen LogP contribution is 2.58. The molecule has 2 aliphatic carbocycles. The van der Waals surface area contributed by atoms with Crippen LogP contribution in [0.5, 0.6) is 0 Å². The molecule has 2 saturated carbocycles. The van der Waals surface area contributed by atoms with E-state index in [1.165, 1.54) is 61.1 Å². The molecular formula is C44H62N10O5S. The summed E-state index contributed by atoms with van der Waals surface area (Å²) in [5.41, 5.74) is 5.94. The molecule has 9 rings (SSSR count). The average Bonchev–Trinajstić information content (AvgIpc) is 3.38. The van der Waals surface area contributed by atoms with Gasteiger partial charge < -0.3 is 19.8 Å². The Hall–Kier alpha value is -4.12. The maximum absolute atomic E-state index is 13.5. The van der Waals surface area contributed by atoms with Gasteiger partial charge in [0, 0.05) is 95.0 Å². The molecular weight excluding hydrogens is 781 g/mol. The Bertz CT molecular complexity index is 2130. The first-order valence-electron chi connectivity index (χ1n) is 22.2. The Morgan fingerprint density at radius 2 is 1.68 bits per heavy atom. The number of carbonyl (C=O) groups excluding carboxylic acids is 4. The molecule has 4 aliphatic heterocycles. The summed E-state index contributed by atoms with van der Waals surface area (Å²) in [5.74, 6) is 2.14. The fourth-order valence-electron chi connectivity index (χ4n) is 10.3. The van der Waals surface area contributed by atoms with E-state index in [-0.39, 0.29) is 23.4 Å². The third-order valence-electron chi connectivity index (χ3n) is 14.0. The molecule has 60 heavy (non-hydrogen) atoms. The minimum atomic E-state index is -0.334. The van der Waals surface area contributed by atoms with Gasteiger partial charge in [0.05, 0.1) is 16.4 Å². The molecule has 3 unspecified atom stereocenters. The number of hydrogen-bond donors (Lipinski definition) is 2. The Morgan fingerprint density at radius 1 is 0.917 bits per heavy atom. The number of nitrogens with zero attached hydrogens (tertiary/aromatic N) is 8. The van der Waals surface area contributed by atoms with Crippen LogP contribution in [-0.2, 0) is 38.1 Å². The van der Waals surface area contributed by atoms with Gasteiger partial charge in [-0.25, -0.2) is 23.1 Å². The van der Waals surface area contributed by atoms with E-state index in [1.54, 1.807) is 13.1 Å². The fourth-order valence-corrected chi connectivity index (χ4v) is 11.5. The number of aromatic nitrogens is 4. The van der Waals surface area contributed by atoms with E-state index in [0.29, 0.717) is 60.1 Å². The fraction of sp³-hybridized carbons (Fsp3) is 0.659. The van der Waals surface area contributed by atoms with Gasteiger partial charge in [-0.15, -0.1) is 0 Å². The van der Waals surface area contributed by atoms with E-state index in [9.17, 15) is 24.0 Å². The van der Waals surface area contributed by atoms with Crippen molar-refractivity contribution in [1.82, 2.24) is 32.7 Å². The quantitative estimate of drug-likeness (QED) is 0.130. The Morgan fingerprint density at radius 3 is 2.38 bits per heavy atom. The van der Waals surface area contributed by atoms with Crippen molar-refractivity contribution in [2.75, 3.05) is 62.0 Å². The number of amides is 2. The molecule has 3 saturated heterocycles. The van der Waals surface area contributed by atoms with E-state index in [1.807, 2.05) is 30.5 Å². The lowest BCUT2D eigenvalue weighted by Gasteiger charge is -2.34. The number of piperidine rings is 1. The van der Waals surface area contributed by atoms with Gasteiger partial charge in [0.1, 0.15) is 18.4 Å². The second kappa shape index (κ2) is 18.1.